The topological polar surface area (TPSA) is 46.5 Å². The third-order valence-electron chi connectivity index (χ3n) is 3.32. The van der Waals surface area contributed by atoms with Gasteiger partial charge in [0.1, 0.15) is 5.75 Å². The van der Waals surface area contributed by atoms with E-state index in [1.807, 2.05) is 12.1 Å². The van der Waals surface area contributed by atoms with Crippen LogP contribution in [-0.4, -0.2) is 17.7 Å². The zero-order chi connectivity index (χ0) is 12.6. The molecule has 17 heavy (non-hydrogen) atoms. The van der Waals surface area contributed by atoms with Crippen molar-refractivity contribution in [2.45, 2.75) is 33.1 Å². The first-order valence-electron chi connectivity index (χ1n) is 5.89. The number of benzene rings is 1. The molecule has 0 spiro atoms. The van der Waals surface area contributed by atoms with Crippen LogP contribution in [0.2, 0.25) is 0 Å². The Morgan fingerprint density at radius 3 is 2.88 bits per heavy atom. The van der Waals surface area contributed by atoms with Gasteiger partial charge in [-0.15, -0.1) is 0 Å². The first-order valence-corrected chi connectivity index (χ1v) is 5.89. The zero-order valence-corrected chi connectivity index (χ0v) is 10.5. The van der Waals surface area contributed by atoms with Crippen LogP contribution in [0, 0.1) is 5.41 Å². The van der Waals surface area contributed by atoms with Gasteiger partial charge in [0, 0.05) is 11.5 Å². The van der Waals surface area contributed by atoms with Gasteiger partial charge in [0.25, 0.3) is 0 Å². The molecule has 1 aromatic carbocycles. The Hall–Kier alpha value is -1.51. The lowest BCUT2D eigenvalue weighted by molar-refractivity contribution is -0.146. The SMILES string of the molecule is CC1COc2cc(CC(C)(C)C(=O)O)ccc21. The van der Waals surface area contributed by atoms with Crippen LogP contribution in [-0.2, 0) is 11.2 Å². The van der Waals surface area contributed by atoms with E-state index in [4.69, 9.17) is 9.84 Å². The predicted molar refractivity (Wildman–Crippen MR) is 65.5 cm³/mol. The van der Waals surface area contributed by atoms with E-state index < -0.39 is 11.4 Å². The molecule has 1 aromatic rings. The normalized spacial score (nSPS) is 18.6. The van der Waals surface area contributed by atoms with Crippen LogP contribution < -0.4 is 4.74 Å². The lowest BCUT2D eigenvalue weighted by Crippen LogP contribution is -2.26. The third-order valence-corrected chi connectivity index (χ3v) is 3.32. The second kappa shape index (κ2) is 4.06. The summed E-state index contributed by atoms with van der Waals surface area (Å²) in [7, 11) is 0. The van der Waals surface area contributed by atoms with E-state index in [0.29, 0.717) is 12.3 Å². The van der Waals surface area contributed by atoms with Crippen molar-refractivity contribution >= 4 is 5.97 Å². The van der Waals surface area contributed by atoms with Crippen molar-refractivity contribution in [2.24, 2.45) is 5.41 Å². The van der Waals surface area contributed by atoms with Crippen LogP contribution in [0.5, 0.6) is 5.75 Å². The number of carbonyl (C=O) groups is 1. The van der Waals surface area contributed by atoms with Gasteiger partial charge in [-0.25, -0.2) is 0 Å². The standard InChI is InChI=1S/C14H18O3/c1-9-8-17-12-6-10(4-5-11(9)12)7-14(2,3)13(15)16/h4-6,9H,7-8H2,1-3H3,(H,15,16). The lowest BCUT2D eigenvalue weighted by Gasteiger charge is -2.19. The molecule has 92 valence electrons. The molecule has 0 aromatic heterocycles. The van der Waals surface area contributed by atoms with Gasteiger partial charge in [-0.3, -0.25) is 4.79 Å². The second-order valence-electron chi connectivity index (χ2n) is 5.45. The van der Waals surface area contributed by atoms with Crippen LogP contribution in [0.4, 0.5) is 0 Å². The van der Waals surface area contributed by atoms with Gasteiger partial charge in [0.2, 0.25) is 0 Å². The number of carboxylic acid groups (broad SMARTS) is 1. The van der Waals surface area contributed by atoms with Crippen molar-refractivity contribution in [2.75, 3.05) is 6.61 Å². The average molecular weight is 234 g/mol. The van der Waals surface area contributed by atoms with Gasteiger partial charge in [0.05, 0.1) is 12.0 Å². The Morgan fingerprint density at radius 1 is 1.53 bits per heavy atom. The van der Waals surface area contributed by atoms with Crippen molar-refractivity contribution < 1.29 is 14.6 Å². The van der Waals surface area contributed by atoms with Gasteiger partial charge < -0.3 is 9.84 Å². The summed E-state index contributed by atoms with van der Waals surface area (Å²) in [6, 6.07) is 6.04. The molecule has 0 aliphatic carbocycles. The highest BCUT2D eigenvalue weighted by atomic mass is 16.5. The number of fused-ring (bicyclic) bond motifs is 1. The quantitative estimate of drug-likeness (QED) is 0.874. The summed E-state index contributed by atoms with van der Waals surface area (Å²) >= 11 is 0. The summed E-state index contributed by atoms with van der Waals surface area (Å²) < 4.78 is 5.58. The van der Waals surface area contributed by atoms with Gasteiger partial charge in [0.15, 0.2) is 0 Å². The molecule has 1 atom stereocenters. The Bertz CT molecular complexity index is 449. The molecule has 1 heterocycles. The van der Waals surface area contributed by atoms with Gasteiger partial charge in [-0.05, 0) is 31.9 Å². The maximum absolute atomic E-state index is 11.1. The summed E-state index contributed by atoms with van der Waals surface area (Å²) in [6.45, 7) is 6.34. The van der Waals surface area contributed by atoms with E-state index in [2.05, 4.69) is 13.0 Å². The summed E-state index contributed by atoms with van der Waals surface area (Å²) in [5.41, 5.74) is 1.51. The molecule has 0 saturated carbocycles. The molecule has 1 unspecified atom stereocenters. The third kappa shape index (κ3) is 2.28. The smallest absolute Gasteiger partial charge is 0.309 e. The summed E-state index contributed by atoms with van der Waals surface area (Å²) in [5, 5.41) is 9.11. The first-order chi connectivity index (χ1) is 7.90. The number of aliphatic carboxylic acids is 1. The van der Waals surface area contributed by atoms with Gasteiger partial charge in [-0.1, -0.05) is 19.1 Å². The fraction of sp³-hybridized carbons (Fsp3) is 0.500. The highest BCUT2D eigenvalue weighted by Crippen LogP contribution is 2.35. The Balaban J connectivity index is 2.22. The molecule has 3 nitrogen and oxygen atoms in total. The maximum Gasteiger partial charge on any atom is 0.309 e. The summed E-state index contributed by atoms with van der Waals surface area (Å²) in [6.07, 6.45) is 0.521. The molecular weight excluding hydrogens is 216 g/mol. The molecule has 0 radical (unpaired) electrons. The van der Waals surface area contributed by atoms with Crippen LogP contribution in [0.1, 0.15) is 37.8 Å². The monoisotopic (exact) mass is 234 g/mol. The predicted octanol–water partition coefficient (Wildman–Crippen LogP) is 2.84. The van der Waals surface area contributed by atoms with Crippen LogP contribution in [0.3, 0.4) is 0 Å². The molecule has 2 rings (SSSR count). The molecule has 1 N–H and O–H groups in total. The Morgan fingerprint density at radius 2 is 2.24 bits per heavy atom. The van der Waals surface area contributed by atoms with Crippen molar-refractivity contribution in [3.63, 3.8) is 0 Å². The van der Waals surface area contributed by atoms with E-state index in [9.17, 15) is 4.79 Å². The lowest BCUT2D eigenvalue weighted by atomic mass is 9.85. The second-order valence-corrected chi connectivity index (χ2v) is 5.45. The van der Waals surface area contributed by atoms with E-state index in [1.165, 1.54) is 5.56 Å². The van der Waals surface area contributed by atoms with E-state index in [-0.39, 0.29) is 0 Å². The number of carboxylic acids is 1. The van der Waals surface area contributed by atoms with Gasteiger partial charge >= 0.3 is 5.97 Å². The van der Waals surface area contributed by atoms with E-state index in [1.54, 1.807) is 13.8 Å². The average Bonchev–Trinajstić information content (AvgIpc) is 2.59. The first kappa shape index (κ1) is 12.0. The minimum absolute atomic E-state index is 0.437. The minimum atomic E-state index is -0.771. The zero-order valence-electron chi connectivity index (χ0n) is 10.5. The fourth-order valence-electron chi connectivity index (χ4n) is 2.11. The highest BCUT2D eigenvalue weighted by molar-refractivity contribution is 5.74. The largest absolute Gasteiger partial charge is 0.493 e. The fourth-order valence-corrected chi connectivity index (χ4v) is 2.11. The highest BCUT2D eigenvalue weighted by Gasteiger charge is 2.28. The number of rotatable bonds is 3. The van der Waals surface area contributed by atoms with E-state index >= 15 is 0 Å². The van der Waals surface area contributed by atoms with Crippen molar-refractivity contribution in [1.29, 1.82) is 0 Å². The minimum Gasteiger partial charge on any atom is -0.493 e. The molecule has 3 heteroatoms. The molecule has 0 amide bonds. The van der Waals surface area contributed by atoms with Crippen molar-refractivity contribution in [3.8, 4) is 5.75 Å². The summed E-state index contributed by atoms with van der Waals surface area (Å²) in [5.74, 6) is 0.579. The molecule has 0 saturated heterocycles. The number of ether oxygens (including phenoxy) is 1. The van der Waals surface area contributed by atoms with Crippen LogP contribution in [0.25, 0.3) is 0 Å². The summed E-state index contributed by atoms with van der Waals surface area (Å²) in [4.78, 5) is 11.1. The van der Waals surface area contributed by atoms with Crippen LogP contribution >= 0.6 is 0 Å². The Kier molecular flexibility index (Phi) is 2.86. The molecular formula is C14H18O3. The number of hydrogen-bond donors (Lipinski definition) is 1. The molecule has 1 aliphatic rings. The van der Waals surface area contributed by atoms with Crippen molar-refractivity contribution in [3.05, 3.63) is 29.3 Å². The van der Waals surface area contributed by atoms with E-state index in [0.717, 1.165) is 17.9 Å². The molecule has 0 fully saturated rings. The van der Waals surface area contributed by atoms with Crippen molar-refractivity contribution in [1.82, 2.24) is 0 Å². The molecule has 1 aliphatic heterocycles. The van der Waals surface area contributed by atoms with Crippen LogP contribution in [0.15, 0.2) is 18.2 Å². The Labute approximate surface area is 101 Å². The number of hydrogen-bond acceptors (Lipinski definition) is 2. The molecule has 0 bridgehead atoms. The maximum atomic E-state index is 11.1. The van der Waals surface area contributed by atoms with Gasteiger partial charge in [-0.2, -0.15) is 0 Å².